The molecule has 3 unspecified atom stereocenters. The van der Waals surface area contributed by atoms with Crippen LogP contribution in [-0.2, 0) is 4.74 Å². The number of hydrogen-bond donors (Lipinski definition) is 1. The molecule has 94 valence electrons. The second-order valence-electron chi connectivity index (χ2n) is 5.11. The van der Waals surface area contributed by atoms with Crippen molar-refractivity contribution in [3.63, 3.8) is 0 Å². The summed E-state index contributed by atoms with van der Waals surface area (Å²) in [7, 11) is 0. The minimum atomic E-state index is 0.127. The molecule has 0 amide bonds. The number of benzene rings is 1. The molecule has 1 N–H and O–H groups in total. The third-order valence-electron chi connectivity index (χ3n) is 3.39. The zero-order valence-corrected chi connectivity index (χ0v) is 11.4. The summed E-state index contributed by atoms with van der Waals surface area (Å²) in [5, 5.41) is 4.39. The van der Waals surface area contributed by atoms with Gasteiger partial charge in [0.1, 0.15) is 0 Å². The topological polar surface area (TPSA) is 21.3 Å². The molecule has 0 aromatic heterocycles. The fourth-order valence-electron chi connectivity index (χ4n) is 2.25. The van der Waals surface area contributed by atoms with E-state index in [-0.39, 0.29) is 6.10 Å². The van der Waals surface area contributed by atoms with Crippen molar-refractivity contribution in [2.75, 3.05) is 6.61 Å². The Morgan fingerprint density at radius 2 is 1.94 bits per heavy atom. The van der Waals surface area contributed by atoms with E-state index in [2.05, 4.69) is 26.1 Å². The first-order valence-corrected chi connectivity index (χ1v) is 6.59. The Balaban J connectivity index is 2.06. The maximum atomic E-state index is 5.98. The third kappa shape index (κ3) is 3.01. The molecule has 0 radical (unpaired) electrons. The van der Waals surface area contributed by atoms with Gasteiger partial charge in [-0.3, -0.25) is 0 Å². The van der Waals surface area contributed by atoms with Crippen molar-refractivity contribution in [2.24, 2.45) is 5.92 Å². The Morgan fingerprint density at radius 1 is 1.29 bits per heavy atom. The lowest BCUT2D eigenvalue weighted by molar-refractivity contribution is -0.0339. The number of ether oxygens (including phenoxy) is 1. The van der Waals surface area contributed by atoms with Crippen molar-refractivity contribution < 1.29 is 4.74 Å². The van der Waals surface area contributed by atoms with Gasteiger partial charge >= 0.3 is 0 Å². The van der Waals surface area contributed by atoms with E-state index in [0.29, 0.717) is 18.0 Å². The Labute approximate surface area is 108 Å². The van der Waals surface area contributed by atoms with E-state index < -0.39 is 0 Å². The summed E-state index contributed by atoms with van der Waals surface area (Å²) in [6.45, 7) is 7.38. The van der Waals surface area contributed by atoms with Crippen LogP contribution in [0.1, 0.15) is 32.4 Å². The highest BCUT2D eigenvalue weighted by Crippen LogP contribution is 2.27. The molecule has 1 aliphatic rings. The van der Waals surface area contributed by atoms with Gasteiger partial charge in [-0.05, 0) is 30.5 Å². The van der Waals surface area contributed by atoms with Crippen molar-refractivity contribution in [2.45, 2.75) is 39.0 Å². The number of halogens is 1. The van der Waals surface area contributed by atoms with Crippen molar-refractivity contribution in [3.8, 4) is 0 Å². The molecule has 0 saturated carbocycles. The van der Waals surface area contributed by atoms with Gasteiger partial charge in [-0.2, -0.15) is 0 Å². The maximum absolute atomic E-state index is 5.98. The van der Waals surface area contributed by atoms with Crippen LogP contribution in [0.25, 0.3) is 0 Å². The Morgan fingerprint density at radius 3 is 2.47 bits per heavy atom. The molecule has 0 spiro atoms. The highest BCUT2D eigenvalue weighted by Gasteiger charge is 2.29. The van der Waals surface area contributed by atoms with Gasteiger partial charge in [-0.25, -0.2) is 0 Å². The highest BCUT2D eigenvalue weighted by molar-refractivity contribution is 6.30. The molecule has 17 heavy (non-hydrogen) atoms. The van der Waals surface area contributed by atoms with Crippen molar-refractivity contribution in [1.29, 1.82) is 0 Å². The van der Waals surface area contributed by atoms with Crippen molar-refractivity contribution in [3.05, 3.63) is 34.9 Å². The molecule has 3 atom stereocenters. The van der Waals surface area contributed by atoms with Crippen molar-refractivity contribution >= 4 is 11.6 Å². The maximum Gasteiger partial charge on any atom is 0.0975 e. The predicted molar refractivity (Wildman–Crippen MR) is 71.4 cm³/mol. The standard InChI is InChI=1S/C14H20ClNO/c1-9(2)13-8-17-14(10(3)16-13)11-4-6-12(15)7-5-11/h4-7,9-10,13-14,16H,8H2,1-3H3. The first kappa shape index (κ1) is 12.9. The lowest BCUT2D eigenvalue weighted by Crippen LogP contribution is -2.51. The number of morpholine rings is 1. The van der Waals surface area contributed by atoms with Crippen LogP contribution in [0.5, 0.6) is 0 Å². The summed E-state index contributed by atoms with van der Waals surface area (Å²) in [6, 6.07) is 8.70. The van der Waals surface area contributed by atoms with E-state index in [9.17, 15) is 0 Å². The summed E-state index contributed by atoms with van der Waals surface area (Å²) in [5.74, 6) is 0.601. The van der Waals surface area contributed by atoms with Gasteiger partial charge in [0.05, 0.1) is 12.7 Å². The van der Waals surface area contributed by atoms with Crippen LogP contribution in [0.4, 0.5) is 0 Å². The molecule has 0 aliphatic carbocycles. The molecule has 1 fully saturated rings. The quantitative estimate of drug-likeness (QED) is 0.872. The average Bonchev–Trinajstić information content (AvgIpc) is 2.30. The van der Waals surface area contributed by atoms with Crippen LogP contribution in [0.3, 0.4) is 0 Å². The van der Waals surface area contributed by atoms with Crippen LogP contribution in [0.15, 0.2) is 24.3 Å². The minimum absolute atomic E-state index is 0.127. The number of nitrogens with one attached hydrogen (secondary N) is 1. The summed E-state index contributed by atoms with van der Waals surface area (Å²) >= 11 is 5.90. The molecule has 3 heteroatoms. The molecule has 0 bridgehead atoms. The summed E-state index contributed by atoms with van der Waals surface area (Å²) in [6.07, 6.45) is 0.127. The van der Waals surface area contributed by atoms with Crippen LogP contribution in [0.2, 0.25) is 5.02 Å². The molecule has 1 aromatic carbocycles. The van der Waals surface area contributed by atoms with Gasteiger partial charge in [0.2, 0.25) is 0 Å². The smallest absolute Gasteiger partial charge is 0.0975 e. The average molecular weight is 254 g/mol. The van der Waals surface area contributed by atoms with Crippen LogP contribution >= 0.6 is 11.6 Å². The van der Waals surface area contributed by atoms with E-state index in [4.69, 9.17) is 16.3 Å². The van der Waals surface area contributed by atoms with Gasteiger partial charge in [0, 0.05) is 17.1 Å². The predicted octanol–water partition coefficient (Wildman–Crippen LogP) is 3.41. The van der Waals surface area contributed by atoms with E-state index in [1.165, 1.54) is 5.56 Å². The number of rotatable bonds is 2. The molecular weight excluding hydrogens is 234 g/mol. The van der Waals surface area contributed by atoms with E-state index >= 15 is 0 Å². The van der Waals surface area contributed by atoms with Gasteiger partial charge in [-0.15, -0.1) is 0 Å². The van der Waals surface area contributed by atoms with Crippen molar-refractivity contribution in [1.82, 2.24) is 5.32 Å². The van der Waals surface area contributed by atoms with Crippen LogP contribution in [-0.4, -0.2) is 18.7 Å². The van der Waals surface area contributed by atoms with Crippen LogP contribution in [0, 0.1) is 5.92 Å². The van der Waals surface area contributed by atoms with Gasteiger partial charge in [0.15, 0.2) is 0 Å². The summed E-state index contributed by atoms with van der Waals surface area (Å²) < 4.78 is 5.98. The second kappa shape index (κ2) is 5.38. The molecule has 1 saturated heterocycles. The lowest BCUT2D eigenvalue weighted by Gasteiger charge is -2.37. The largest absolute Gasteiger partial charge is 0.370 e. The van der Waals surface area contributed by atoms with Gasteiger partial charge in [-0.1, -0.05) is 37.6 Å². The second-order valence-corrected chi connectivity index (χ2v) is 5.55. The molecule has 2 rings (SSSR count). The summed E-state index contributed by atoms with van der Waals surface area (Å²) in [4.78, 5) is 0. The molecule has 1 aliphatic heterocycles. The minimum Gasteiger partial charge on any atom is -0.370 e. The molecular formula is C14H20ClNO. The zero-order valence-electron chi connectivity index (χ0n) is 10.6. The molecule has 1 heterocycles. The van der Waals surface area contributed by atoms with Gasteiger partial charge in [0.25, 0.3) is 0 Å². The fraction of sp³-hybridized carbons (Fsp3) is 0.571. The highest BCUT2D eigenvalue weighted by atomic mass is 35.5. The number of hydrogen-bond acceptors (Lipinski definition) is 2. The Kier molecular flexibility index (Phi) is 4.08. The molecule has 1 aromatic rings. The summed E-state index contributed by atoms with van der Waals surface area (Å²) in [5.41, 5.74) is 1.19. The fourth-order valence-corrected chi connectivity index (χ4v) is 2.37. The molecule has 2 nitrogen and oxygen atoms in total. The van der Waals surface area contributed by atoms with E-state index in [1.807, 2.05) is 24.3 Å². The van der Waals surface area contributed by atoms with E-state index in [1.54, 1.807) is 0 Å². The normalized spacial score (nSPS) is 29.6. The van der Waals surface area contributed by atoms with Gasteiger partial charge < -0.3 is 10.1 Å². The van der Waals surface area contributed by atoms with Crippen LogP contribution < -0.4 is 5.32 Å². The Hall–Kier alpha value is -0.570. The monoisotopic (exact) mass is 253 g/mol. The zero-order chi connectivity index (χ0) is 12.4. The Bertz CT molecular complexity index is 363. The SMILES string of the molecule is CC(C)C1COC(c2ccc(Cl)cc2)C(C)N1. The first-order valence-electron chi connectivity index (χ1n) is 6.21. The first-order chi connectivity index (χ1) is 8.08. The third-order valence-corrected chi connectivity index (χ3v) is 3.64. The van der Waals surface area contributed by atoms with E-state index in [0.717, 1.165) is 11.6 Å². The lowest BCUT2D eigenvalue weighted by atomic mass is 9.97.